The molecule has 2 aromatic carbocycles. The number of ketones is 1. The summed E-state index contributed by atoms with van der Waals surface area (Å²) in [5, 5.41) is 13.6. The number of ether oxygens (including phenoxy) is 1. The first-order valence-corrected chi connectivity index (χ1v) is 11.7. The quantitative estimate of drug-likeness (QED) is 0.217. The Morgan fingerprint density at radius 1 is 1.08 bits per heavy atom. The lowest BCUT2D eigenvalue weighted by atomic mass is 10.1. The molecule has 2 atom stereocenters. The number of aldehydes is 1. The minimum atomic E-state index is -1.31. The molecule has 204 valence electrons. The molecule has 0 aliphatic carbocycles. The predicted molar refractivity (Wildman–Crippen MR) is 136 cm³/mol. The molecular formula is C26H26N4O9. The highest BCUT2D eigenvalue weighted by Crippen LogP contribution is 2.34. The molecule has 39 heavy (non-hydrogen) atoms. The number of benzene rings is 2. The highest BCUT2D eigenvalue weighted by atomic mass is 16.5. The van der Waals surface area contributed by atoms with Gasteiger partial charge in [0.05, 0.1) is 37.4 Å². The van der Waals surface area contributed by atoms with Crippen molar-refractivity contribution in [2.24, 2.45) is 0 Å². The number of fused-ring (bicyclic) bond motifs is 1. The summed E-state index contributed by atoms with van der Waals surface area (Å²) in [6.45, 7) is 0.617. The van der Waals surface area contributed by atoms with Gasteiger partial charge in [0.2, 0.25) is 23.5 Å². The van der Waals surface area contributed by atoms with E-state index in [1.165, 1.54) is 50.4 Å². The fourth-order valence-corrected chi connectivity index (χ4v) is 4.05. The SMILES string of the molecule is COc1ccc(C(=O)C(=O)N[C@@H]2CC(=O)N(CC(=O)N[C@H](C=O)CC(=O)O)c3ccccc3N2C(C)=O)cc1. The number of carbonyl (C=O) groups excluding carboxylic acids is 6. The molecule has 0 aromatic heterocycles. The molecule has 0 radical (unpaired) electrons. The van der Waals surface area contributed by atoms with Gasteiger partial charge in [0, 0.05) is 12.5 Å². The van der Waals surface area contributed by atoms with Crippen LogP contribution < -0.4 is 25.2 Å². The Labute approximate surface area is 222 Å². The molecule has 0 saturated carbocycles. The molecule has 0 saturated heterocycles. The number of hydrogen-bond donors (Lipinski definition) is 3. The molecule has 4 amide bonds. The van der Waals surface area contributed by atoms with E-state index in [4.69, 9.17) is 9.84 Å². The van der Waals surface area contributed by atoms with Gasteiger partial charge >= 0.3 is 5.97 Å². The molecule has 1 aliphatic rings. The minimum absolute atomic E-state index is 0.0624. The standard InChI is InChI=1S/C26H26N4O9/c1-15(32)30-20-6-4-3-5-19(20)29(13-22(33)27-17(14-31)11-24(35)36)23(34)12-21(30)28-26(38)25(37)16-7-9-18(39-2)10-8-16/h3-10,14,17,21H,11-13H2,1-2H3,(H,27,33)(H,28,38)(H,35,36)/t17-,21-/m0/s1. The number of hydrogen-bond acceptors (Lipinski definition) is 8. The summed E-state index contributed by atoms with van der Waals surface area (Å²) >= 11 is 0. The van der Waals surface area contributed by atoms with E-state index in [0.717, 1.165) is 9.80 Å². The number of anilines is 2. The Hall–Kier alpha value is -5.07. The maximum atomic E-state index is 13.3. The van der Waals surface area contributed by atoms with Crippen LogP contribution >= 0.6 is 0 Å². The second-order valence-corrected chi connectivity index (χ2v) is 8.52. The number of carbonyl (C=O) groups is 7. The Morgan fingerprint density at radius 2 is 1.72 bits per heavy atom. The van der Waals surface area contributed by atoms with Gasteiger partial charge < -0.3 is 30.2 Å². The smallest absolute Gasteiger partial charge is 0.305 e. The maximum absolute atomic E-state index is 13.3. The summed E-state index contributed by atoms with van der Waals surface area (Å²) in [7, 11) is 1.45. The van der Waals surface area contributed by atoms with Gasteiger partial charge in [-0.1, -0.05) is 12.1 Å². The molecular weight excluding hydrogens is 512 g/mol. The van der Waals surface area contributed by atoms with Gasteiger partial charge in [-0.2, -0.15) is 0 Å². The van der Waals surface area contributed by atoms with Gasteiger partial charge in [-0.05, 0) is 36.4 Å². The van der Waals surface area contributed by atoms with Crippen molar-refractivity contribution in [2.75, 3.05) is 23.5 Å². The number of carboxylic acid groups (broad SMARTS) is 1. The lowest BCUT2D eigenvalue weighted by Crippen LogP contribution is -2.53. The Kier molecular flexibility index (Phi) is 9.10. The molecule has 0 spiro atoms. The molecule has 1 heterocycles. The van der Waals surface area contributed by atoms with Gasteiger partial charge in [0.15, 0.2) is 0 Å². The van der Waals surface area contributed by atoms with Gasteiger partial charge in [0.1, 0.15) is 24.7 Å². The monoisotopic (exact) mass is 538 g/mol. The molecule has 0 fully saturated rings. The average Bonchev–Trinajstić information content (AvgIpc) is 3.01. The van der Waals surface area contributed by atoms with Crippen LogP contribution in [0.5, 0.6) is 5.75 Å². The Morgan fingerprint density at radius 3 is 2.28 bits per heavy atom. The van der Waals surface area contributed by atoms with Crippen molar-refractivity contribution >= 4 is 53.0 Å². The van der Waals surface area contributed by atoms with E-state index in [1.807, 2.05) is 0 Å². The van der Waals surface area contributed by atoms with Crippen LogP contribution in [0, 0.1) is 0 Å². The highest BCUT2D eigenvalue weighted by molar-refractivity contribution is 6.43. The lowest BCUT2D eigenvalue weighted by molar-refractivity contribution is -0.139. The van der Waals surface area contributed by atoms with Crippen LogP contribution in [0.3, 0.4) is 0 Å². The topological polar surface area (TPSA) is 179 Å². The van der Waals surface area contributed by atoms with Crippen LogP contribution in [0.1, 0.15) is 30.1 Å². The van der Waals surface area contributed by atoms with Gasteiger partial charge in [-0.3, -0.25) is 33.7 Å². The Balaban J connectivity index is 1.88. The molecule has 2 aromatic rings. The number of amides is 4. The predicted octanol–water partition coefficient (Wildman–Crippen LogP) is 0.268. The fraction of sp³-hybridized carbons (Fsp3) is 0.269. The Bertz CT molecular complexity index is 1310. The van der Waals surface area contributed by atoms with E-state index in [-0.39, 0.29) is 23.2 Å². The van der Waals surface area contributed by atoms with Crippen molar-refractivity contribution in [1.29, 1.82) is 0 Å². The second kappa shape index (κ2) is 12.4. The van der Waals surface area contributed by atoms with E-state index in [2.05, 4.69) is 10.6 Å². The van der Waals surface area contributed by atoms with Crippen LogP contribution in [0.15, 0.2) is 48.5 Å². The number of nitrogens with one attached hydrogen (secondary N) is 2. The number of aliphatic carboxylic acids is 1. The molecule has 13 heteroatoms. The lowest BCUT2D eigenvalue weighted by Gasteiger charge is -2.29. The fourth-order valence-electron chi connectivity index (χ4n) is 4.05. The first kappa shape index (κ1) is 28.5. The zero-order valence-corrected chi connectivity index (χ0v) is 21.1. The third-order valence-corrected chi connectivity index (χ3v) is 5.82. The first-order chi connectivity index (χ1) is 18.5. The zero-order valence-electron chi connectivity index (χ0n) is 21.1. The first-order valence-electron chi connectivity index (χ1n) is 11.7. The average molecular weight is 539 g/mol. The molecule has 1 aliphatic heterocycles. The highest BCUT2D eigenvalue weighted by Gasteiger charge is 2.37. The van der Waals surface area contributed by atoms with Crippen molar-refractivity contribution < 1.29 is 43.4 Å². The van der Waals surface area contributed by atoms with Gasteiger partial charge in [0.25, 0.3) is 5.91 Å². The van der Waals surface area contributed by atoms with Crippen molar-refractivity contribution in [3.63, 3.8) is 0 Å². The molecule has 0 bridgehead atoms. The molecule has 3 rings (SSSR count). The van der Waals surface area contributed by atoms with Crippen LogP contribution in [0.25, 0.3) is 0 Å². The van der Waals surface area contributed by atoms with Gasteiger partial charge in [-0.25, -0.2) is 0 Å². The summed E-state index contributed by atoms with van der Waals surface area (Å²) in [4.78, 5) is 88.6. The third kappa shape index (κ3) is 6.83. The maximum Gasteiger partial charge on any atom is 0.305 e. The summed E-state index contributed by atoms with van der Waals surface area (Å²) < 4.78 is 5.04. The normalized spacial score (nSPS) is 15.3. The number of nitrogens with zero attached hydrogens (tertiary/aromatic N) is 2. The molecule has 3 N–H and O–H groups in total. The van der Waals surface area contributed by atoms with E-state index in [0.29, 0.717) is 5.75 Å². The van der Waals surface area contributed by atoms with E-state index in [9.17, 15) is 33.6 Å². The zero-order chi connectivity index (χ0) is 28.7. The van der Waals surface area contributed by atoms with Gasteiger partial charge in [-0.15, -0.1) is 0 Å². The molecule has 13 nitrogen and oxygen atoms in total. The van der Waals surface area contributed by atoms with Crippen LogP contribution in [0.2, 0.25) is 0 Å². The largest absolute Gasteiger partial charge is 0.497 e. The number of methoxy groups -OCH3 is 1. The second-order valence-electron chi connectivity index (χ2n) is 8.52. The molecule has 0 unspecified atom stereocenters. The van der Waals surface area contributed by atoms with Crippen molar-refractivity contribution in [3.8, 4) is 5.75 Å². The summed E-state index contributed by atoms with van der Waals surface area (Å²) in [6.07, 6.45) is -2.13. The van der Waals surface area contributed by atoms with Crippen molar-refractivity contribution in [2.45, 2.75) is 32.0 Å². The number of Topliss-reactive ketones (excluding diaryl/α,β-unsaturated/α-hetero) is 1. The van der Waals surface area contributed by atoms with Crippen molar-refractivity contribution in [3.05, 3.63) is 54.1 Å². The van der Waals surface area contributed by atoms with Crippen molar-refractivity contribution in [1.82, 2.24) is 10.6 Å². The van der Waals surface area contributed by atoms with E-state index < -0.39 is 67.0 Å². The van der Waals surface area contributed by atoms with E-state index in [1.54, 1.807) is 12.1 Å². The minimum Gasteiger partial charge on any atom is -0.497 e. The van der Waals surface area contributed by atoms with Crippen LogP contribution in [0.4, 0.5) is 11.4 Å². The van der Waals surface area contributed by atoms with E-state index >= 15 is 0 Å². The summed E-state index contributed by atoms with van der Waals surface area (Å²) in [5.74, 6) is -4.83. The summed E-state index contributed by atoms with van der Waals surface area (Å²) in [5.41, 5.74) is 0.405. The number of rotatable bonds is 10. The number of para-hydroxylation sites is 2. The van der Waals surface area contributed by atoms with Crippen LogP contribution in [-0.2, 0) is 28.8 Å². The number of carboxylic acids is 1. The summed E-state index contributed by atoms with van der Waals surface area (Å²) in [6, 6.07) is 10.6. The third-order valence-electron chi connectivity index (χ3n) is 5.82. The van der Waals surface area contributed by atoms with Crippen LogP contribution in [-0.4, -0.2) is 72.6 Å².